The van der Waals surface area contributed by atoms with Gasteiger partial charge in [0.15, 0.2) is 11.5 Å². The van der Waals surface area contributed by atoms with E-state index in [0.29, 0.717) is 11.5 Å². The highest BCUT2D eigenvalue weighted by Gasteiger charge is 2.15. The Bertz CT molecular complexity index is 393. The monoisotopic (exact) mass is 340 g/mol. The lowest BCUT2D eigenvalue weighted by Crippen LogP contribution is -2.19. The van der Waals surface area contributed by atoms with Crippen LogP contribution in [0, 0.1) is 0 Å². The van der Waals surface area contributed by atoms with Gasteiger partial charge in [-0.2, -0.15) is 0 Å². The first kappa shape index (κ1) is 22.4. The fourth-order valence-electron chi connectivity index (χ4n) is 1.92. The van der Waals surface area contributed by atoms with Crippen molar-refractivity contribution in [2.24, 2.45) is 0 Å². The molecule has 1 rings (SSSR count). The molecular formula is C14H26Cl2N2O3. The summed E-state index contributed by atoms with van der Waals surface area (Å²) in [5, 5.41) is 6.50. The largest absolute Gasteiger partial charge is 0.493 e. The van der Waals surface area contributed by atoms with Crippen molar-refractivity contribution >= 4 is 24.8 Å². The first-order chi connectivity index (χ1) is 9.28. The number of methoxy groups -OCH3 is 3. The summed E-state index contributed by atoms with van der Waals surface area (Å²) >= 11 is 0. The molecule has 1 aromatic carbocycles. The molecule has 7 heteroatoms. The third-order valence-corrected chi connectivity index (χ3v) is 2.88. The second kappa shape index (κ2) is 12.8. The van der Waals surface area contributed by atoms with Gasteiger partial charge in [-0.25, -0.2) is 0 Å². The molecule has 0 aromatic heterocycles. The molecule has 0 bridgehead atoms. The van der Waals surface area contributed by atoms with Crippen LogP contribution in [0.1, 0.15) is 12.0 Å². The Morgan fingerprint density at radius 2 is 1.57 bits per heavy atom. The second-order valence-corrected chi connectivity index (χ2v) is 4.13. The molecule has 2 N–H and O–H groups in total. The zero-order chi connectivity index (χ0) is 14.1. The summed E-state index contributed by atoms with van der Waals surface area (Å²) < 4.78 is 16.0. The van der Waals surface area contributed by atoms with Crippen LogP contribution >= 0.6 is 24.8 Å². The molecule has 0 amide bonds. The van der Waals surface area contributed by atoms with Crippen LogP contribution in [0.2, 0.25) is 0 Å². The summed E-state index contributed by atoms with van der Waals surface area (Å²) in [6, 6.07) is 3.89. The average molecular weight is 341 g/mol. The molecule has 1 aromatic rings. The second-order valence-electron chi connectivity index (χ2n) is 4.13. The minimum Gasteiger partial charge on any atom is -0.493 e. The third kappa shape index (κ3) is 6.61. The molecule has 21 heavy (non-hydrogen) atoms. The maximum absolute atomic E-state index is 5.43. The standard InChI is InChI=1S/C14H24N2O3.2ClH/c1-15-8-5-9-16-10-11-6-7-12(17-2)14(19-4)13(11)18-3;;/h6-7,15-16H,5,8-10H2,1-4H3;2*1H. The molecule has 0 aliphatic rings. The van der Waals surface area contributed by atoms with E-state index in [1.807, 2.05) is 19.2 Å². The third-order valence-electron chi connectivity index (χ3n) is 2.88. The van der Waals surface area contributed by atoms with E-state index in [1.165, 1.54) is 0 Å². The van der Waals surface area contributed by atoms with Gasteiger partial charge < -0.3 is 24.8 Å². The molecule has 0 saturated heterocycles. The molecule has 0 radical (unpaired) electrons. The van der Waals surface area contributed by atoms with Crippen molar-refractivity contribution in [1.29, 1.82) is 0 Å². The van der Waals surface area contributed by atoms with Crippen molar-refractivity contribution in [3.05, 3.63) is 17.7 Å². The molecule has 0 aliphatic heterocycles. The fraction of sp³-hybridized carbons (Fsp3) is 0.571. The summed E-state index contributed by atoms with van der Waals surface area (Å²) in [5.74, 6) is 2.04. The molecule has 0 fully saturated rings. The van der Waals surface area contributed by atoms with E-state index < -0.39 is 0 Å². The number of benzene rings is 1. The van der Waals surface area contributed by atoms with Crippen LogP contribution in [0.25, 0.3) is 0 Å². The van der Waals surface area contributed by atoms with Gasteiger partial charge in [0, 0.05) is 12.1 Å². The van der Waals surface area contributed by atoms with Crippen LogP contribution in [0.5, 0.6) is 17.2 Å². The lowest BCUT2D eigenvalue weighted by atomic mass is 10.1. The molecule has 0 atom stereocenters. The Morgan fingerprint density at radius 1 is 0.905 bits per heavy atom. The van der Waals surface area contributed by atoms with E-state index in [0.717, 1.165) is 37.4 Å². The van der Waals surface area contributed by atoms with E-state index in [2.05, 4.69) is 10.6 Å². The van der Waals surface area contributed by atoms with Crippen molar-refractivity contribution in [3.8, 4) is 17.2 Å². The molecule has 0 unspecified atom stereocenters. The highest BCUT2D eigenvalue weighted by molar-refractivity contribution is 5.85. The minimum atomic E-state index is 0. The maximum atomic E-state index is 5.43. The maximum Gasteiger partial charge on any atom is 0.203 e. The number of halogens is 2. The average Bonchev–Trinajstić information content (AvgIpc) is 2.45. The van der Waals surface area contributed by atoms with E-state index in [9.17, 15) is 0 Å². The molecule has 0 saturated carbocycles. The van der Waals surface area contributed by atoms with Gasteiger partial charge in [0.1, 0.15) is 0 Å². The predicted octanol–water partition coefficient (Wildman–Crippen LogP) is 2.26. The Labute approximate surface area is 139 Å². The van der Waals surface area contributed by atoms with E-state index in [-0.39, 0.29) is 24.8 Å². The number of nitrogens with one attached hydrogen (secondary N) is 2. The number of ether oxygens (including phenoxy) is 3. The molecule has 124 valence electrons. The zero-order valence-corrected chi connectivity index (χ0v) is 14.7. The Morgan fingerprint density at radius 3 is 2.10 bits per heavy atom. The van der Waals surface area contributed by atoms with Gasteiger partial charge in [-0.1, -0.05) is 6.07 Å². The number of hydrogen-bond acceptors (Lipinski definition) is 5. The summed E-state index contributed by atoms with van der Waals surface area (Å²) in [4.78, 5) is 0. The van der Waals surface area contributed by atoms with Crippen LogP contribution in [-0.2, 0) is 6.54 Å². The van der Waals surface area contributed by atoms with Crippen molar-refractivity contribution in [3.63, 3.8) is 0 Å². The SMILES string of the molecule is CNCCCNCc1ccc(OC)c(OC)c1OC.Cl.Cl. The van der Waals surface area contributed by atoms with Gasteiger partial charge >= 0.3 is 0 Å². The highest BCUT2D eigenvalue weighted by atomic mass is 35.5. The van der Waals surface area contributed by atoms with Crippen molar-refractivity contribution < 1.29 is 14.2 Å². The van der Waals surface area contributed by atoms with Gasteiger partial charge in [-0.15, -0.1) is 24.8 Å². The van der Waals surface area contributed by atoms with Gasteiger partial charge in [0.2, 0.25) is 5.75 Å². The predicted molar refractivity (Wildman–Crippen MR) is 90.8 cm³/mol. The van der Waals surface area contributed by atoms with Crippen LogP contribution in [0.4, 0.5) is 0 Å². The fourth-order valence-corrected chi connectivity index (χ4v) is 1.92. The highest BCUT2D eigenvalue weighted by Crippen LogP contribution is 2.39. The van der Waals surface area contributed by atoms with Gasteiger partial charge in [-0.05, 0) is 32.6 Å². The lowest BCUT2D eigenvalue weighted by molar-refractivity contribution is 0.321. The van der Waals surface area contributed by atoms with E-state index >= 15 is 0 Å². The van der Waals surface area contributed by atoms with Crippen molar-refractivity contribution in [2.75, 3.05) is 41.5 Å². The molecule has 0 heterocycles. The first-order valence-electron chi connectivity index (χ1n) is 6.41. The molecule has 5 nitrogen and oxygen atoms in total. The molecule has 0 aliphatic carbocycles. The molecular weight excluding hydrogens is 315 g/mol. The smallest absolute Gasteiger partial charge is 0.203 e. The van der Waals surface area contributed by atoms with Gasteiger partial charge in [-0.3, -0.25) is 0 Å². The minimum absolute atomic E-state index is 0. The van der Waals surface area contributed by atoms with Crippen molar-refractivity contribution in [1.82, 2.24) is 10.6 Å². The Balaban J connectivity index is 0. The Hall–Kier alpha value is -0.880. The van der Waals surface area contributed by atoms with E-state index in [4.69, 9.17) is 14.2 Å². The van der Waals surface area contributed by atoms with Gasteiger partial charge in [0.25, 0.3) is 0 Å². The zero-order valence-electron chi connectivity index (χ0n) is 13.0. The summed E-state index contributed by atoms with van der Waals surface area (Å²) in [5.41, 5.74) is 1.06. The number of hydrogen-bond donors (Lipinski definition) is 2. The van der Waals surface area contributed by atoms with Crippen LogP contribution in [0.3, 0.4) is 0 Å². The lowest BCUT2D eigenvalue weighted by Gasteiger charge is -2.16. The van der Waals surface area contributed by atoms with Crippen LogP contribution < -0.4 is 24.8 Å². The Kier molecular flexibility index (Phi) is 13.7. The molecule has 0 spiro atoms. The quantitative estimate of drug-likeness (QED) is 0.675. The number of rotatable bonds is 9. The normalized spacial score (nSPS) is 9.33. The summed E-state index contributed by atoms with van der Waals surface area (Å²) in [6.45, 7) is 2.71. The van der Waals surface area contributed by atoms with Gasteiger partial charge in [0.05, 0.1) is 21.3 Å². The van der Waals surface area contributed by atoms with Crippen LogP contribution in [-0.4, -0.2) is 41.5 Å². The van der Waals surface area contributed by atoms with E-state index in [1.54, 1.807) is 21.3 Å². The first-order valence-corrected chi connectivity index (χ1v) is 6.41. The summed E-state index contributed by atoms with van der Waals surface area (Å²) in [7, 11) is 6.83. The van der Waals surface area contributed by atoms with Crippen molar-refractivity contribution in [2.45, 2.75) is 13.0 Å². The topological polar surface area (TPSA) is 51.8 Å². The van der Waals surface area contributed by atoms with Crippen LogP contribution in [0.15, 0.2) is 12.1 Å². The summed E-state index contributed by atoms with van der Waals surface area (Å²) in [6.07, 6.45) is 1.09.